The van der Waals surface area contributed by atoms with Crippen LogP contribution < -0.4 is 20.3 Å². The summed E-state index contributed by atoms with van der Waals surface area (Å²) in [6.45, 7) is 13.5. The van der Waals surface area contributed by atoms with Crippen LogP contribution in [-0.2, 0) is 16.2 Å². The molecule has 0 spiro atoms. The summed E-state index contributed by atoms with van der Waals surface area (Å²) in [6, 6.07) is 10.9. The molecular weight excluding hydrogens is 670 g/mol. The molecular formula is C42H65N5O6. The Balaban J connectivity index is 1.45. The van der Waals surface area contributed by atoms with Gasteiger partial charge in [0.2, 0.25) is 5.91 Å². The van der Waals surface area contributed by atoms with Gasteiger partial charge in [-0.1, -0.05) is 52.8 Å². The molecule has 2 bridgehead atoms. The van der Waals surface area contributed by atoms with Gasteiger partial charge in [0.15, 0.2) is 0 Å². The van der Waals surface area contributed by atoms with Crippen LogP contribution in [0, 0.1) is 35.0 Å². The van der Waals surface area contributed by atoms with Crippen molar-refractivity contribution < 1.29 is 29.4 Å². The maximum atomic E-state index is 14.3. The zero-order chi connectivity index (χ0) is 38.9. The molecule has 2 aromatic carbocycles. The molecule has 6 rings (SSSR count). The Morgan fingerprint density at radius 1 is 1.09 bits per heavy atom. The fraction of sp³-hybridized carbons (Fsp3) is 0.667. The number of nitrogens with zero attached hydrogens (tertiary/aromatic N) is 3. The molecule has 1 saturated heterocycles. The molecule has 9 atom stereocenters. The first kappa shape index (κ1) is 41.0. The first-order chi connectivity index (χ1) is 25.0. The zero-order valence-corrected chi connectivity index (χ0v) is 33.8. The lowest BCUT2D eigenvalue weighted by Crippen LogP contribution is -2.62. The molecule has 53 heavy (non-hydrogen) atoms. The largest absolute Gasteiger partial charge is 0.496 e. The number of likely N-dealkylation sites (N-methyl/N-ethyl adjacent to an activating group) is 1. The van der Waals surface area contributed by atoms with Crippen molar-refractivity contribution in [3.63, 3.8) is 0 Å². The second-order valence-electron chi connectivity index (χ2n) is 17.5. The number of para-hydroxylation sites is 1. The predicted octanol–water partition coefficient (Wildman–Crippen LogP) is 4.79. The van der Waals surface area contributed by atoms with E-state index >= 15 is 0 Å². The molecule has 3 saturated carbocycles. The highest BCUT2D eigenvalue weighted by molar-refractivity contribution is 5.97. The third kappa shape index (κ3) is 8.70. The molecule has 2 aromatic rings. The van der Waals surface area contributed by atoms with E-state index in [9.17, 15) is 19.8 Å². The van der Waals surface area contributed by atoms with Crippen LogP contribution in [0.1, 0.15) is 76.7 Å². The number of hydrogen-bond donors (Lipinski definition) is 4. The second-order valence-corrected chi connectivity index (χ2v) is 17.5. The van der Waals surface area contributed by atoms with Crippen molar-refractivity contribution >= 4 is 17.5 Å². The van der Waals surface area contributed by atoms with E-state index in [0.29, 0.717) is 35.0 Å². The van der Waals surface area contributed by atoms with Crippen LogP contribution in [0.15, 0.2) is 36.4 Å². The molecule has 4 N–H and O–H groups in total. The Hall–Kier alpha value is -3.22. The van der Waals surface area contributed by atoms with Crippen LogP contribution in [0.3, 0.4) is 0 Å². The van der Waals surface area contributed by atoms with Crippen LogP contribution in [0.25, 0.3) is 11.1 Å². The van der Waals surface area contributed by atoms with E-state index in [2.05, 4.69) is 50.2 Å². The van der Waals surface area contributed by atoms with Crippen molar-refractivity contribution in [2.24, 2.45) is 35.0 Å². The minimum Gasteiger partial charge on any atom is -0.496 e. The predicted molar refractivity (Wildman–Crippen MR) is 210 cm³/mol. The van der Waals surface area contributed by atoms with Crippen molar-refractivity contribution in [2.45, 2.75) is 97.7 Å². The molecule has 11 nitrogen and oxygen atoms in total. The molecule has 294 valence electrons. The number of aliphatic hydroxyl groups excluding tert-OH is 2. The number of fused-ring (bicyclic) bond motifs is 2. The van der Waals surface area contributed by atoms with Crippen LogP contribution in [-0.4, -0.2) is 111 Å². The Kier molecular flexibility index (Phi) is 12.9. The topological polar surface area (TPSA) is 127 Å². The van der Waals surface area contributed by atoms with Crippen molar-refractivity contribution in [1.82, 2.24) is 20.6 Å². The third-order valence-corrected chi connectivity index (χ3v) is 12.4. The summed E-state index contributed by atoms with van der Waals surface area (Å²) in [5, 5.41) is 29.5. The Labute approximate surface area is 317 Å². The summed E-state index contributed by atoms with van der Waals surface area (Å²) in [6.07, 6.45) is 1.36. The number of carbonyl (C=O) groups excluding carboxylic acids is 2. The fourth-order valence-electron chi connectivity index (χ4n) is 9.44. The average Bonchev–Trinajstić information content (AvgIpc) is 3.46. The molecule has 3 aliphatic carbocycles. The lowest BCUT2D eigenvalue weighted by atomic mass is 9.45. The number of ether oxygens (including phenoxy) is 1. The molecule has 4 aliphatic rings. The van der Waals surface area contributed by atoms with Crippen LogP contribution in [0.5, 0.6) is 5.75 Å². The fourth-order valence-corrected chi connectivity index (χ4v) is 9.44. The maximum absolute atomic E-state index is 14.3. The van der Waals surface area contributed by atoms with E-state index in [1.54, 1.807) is 19.1 Å². The van der Waals surface area contributed by atoms with Gasteiger partial charge in [-0.25, -0.2) is 0 Å². The van der Waals surface area contributed by atoms with E-state index in [1.807, 2.05) is 69.5 Å². The van der Waals surface area contributed by atoms with E-state index in [0.717, 1.165) is 41.8 Å². The molecule has 4 fully saturated rings. The molecule has 0 unspecified atom stereocenters. The monoisotopic (exact) mass is 735 g/mol. The minimum absolute atomic E-state index is 0.000458. The van der Waals surface area contributed by atoms with Gasteiger partial charge in [-0.05, 0) is 93.1 Å². The smallest absolute Gasteiger partial charge is 0.251 e. The summed E-state index contributed by atoms with van der Waals surface area (Å²) < 4.78 is 6.09. The van der Waals surface area contributed by atoms with Crippen molar-refractivity contribution in [3.05, 3.63) is 47.5 Å². The molecule has 0 aromatic heterocycles. The lowest BCUT2D eigenvalue weighted by molar-refractivity contribution is -0.183. The average molecular weight is 736 g/mol. The number of hydroxylamine groups is 2. The third-order valence-electron chi connectivity index (χ3n) is 12.4. The quantitative estimate of drug-likeness (QED) is 0.204. The van der Waals surface area contributed by atoms with E-state index < -0.39 is 24.2 Å². The van der Waals surface area contributed by atoms with Crippen molar-refractivity contribution in [3.8, 4) is 16.9 Å². The summed E-state index contributed by atoms with van der Waals surface area (Å²) in [5.41, 5.74) is 4.08. The molecule has 11 heteroatoms. The Morgan fingerprint density at radius 3 is 2.38 bits per heavy atom. The summed E-state index contributed by atoms with van der Waals surface area (Å²) >= 11 is 0. The highest BCUT2D eigenvalue weighted by Crippen LogP contribution is 2.61. The normalized spacial score (nSPS) is 27.6. The highest BCUT2D eigenvalue weighted by atomic mass is 16.7. The summed E-state index contributed by atoms with van der Waals surface area (Å²) in [7, 11) is 9.54. The SMILES string of the molecule is COc1c(CN2O[C@@H](CO)[C@@H]([C@H](C)O)[C@H]2C(=O)N[C@H]2C[C@@H]3C[C@@H]([C@@H]2C)C3(C)C)cccc1-c1cc(C(=O)N[C@@H](CC(C)C)CN(C)C)cc(N(C)C)c1. The number of benzene rings is 2. The standard InChI is InChI=1S/C42H65N5O6/c1-24(2)15-31(22-45(7)8)43-40(50)29-16-28(17-32(18-29)46(9)10)33-14-12-13-27(39(33)52-11)21-47-38(37(26(4)49)36(23-48)53-47)41(51)44-35-20-30-19-34(25(35)3)42(30,5)6/h12-14,16-18,24-26,30-31,34-38,48-49H,15,19-23H2,1-11H3,(H,43,50)(H,44,51)/t25-,26-,30-,31-,34-,35-,36-,37+,38-/m0/s1. The number of anilines is 1. The van der Waals surface area contributed by atoms with Crippen molar-refractivity contribution in [2.75, 3.05) is 53.4 Å². The molecule has 1 aliphatic heterocycles. The zero-order valence-electron chi connectivity index (χ0n) is 33.8. The number of hydrogen-bond acceptors (Lipinski definition) is 9. The van der Waals surface area contributed by atoms with Gasteiger partial charge in [0.05, 0.1) is 26.4 Å². The number of methoxy groups -OCH3 is 1. The van der Waals surface area contributed by atoms with Gasteiger partial charge in [0.25, 0.3) is 5.91 Å². The number of rotatable bonds is 15. The number of aliphatic hydroxyl groups is 2. The second kappa shape index (κ2) is 16.7. The van der Waals surface area contributed by atoms with E-state index in [4.69, 9.17) is 9.57 Å². The van der Waals surface area contributed by atoms with Gasteiger partial charge < -0.3 is 35.4 Å². The number of nitrogens with one attached hydrogen (secondary N) is 2. The van der Waals surface area contributed by atoms with Gasteiger partial charge in [0, 0.05) is 61.0 Å². The van der Waals surface area contributed by atoms with Crippen LogP contribution in [0.2, 0.25) is 0 Å². The van der Waals surface area contributed by atoms with Gasteiger partial charge in [-0.15, -0.1) is 0 Å². The molecule has 0 radical (unpaired) electrons. The van der Waals surface area contributed by atoms with Crippen LogP contribution >= 0.6 is 0 Å². The minimum atomic E-state index is -0.895. The number of carbonyl (C=O) groups is 2. The molecule has 1 heterocycles. The lowest BCUT2D eigenvalue weighted by Gasteiger charge is -2.62. The Bertz CT molecular complexity index is 1580. The van der Waals surface area contributed by atoms with Gasteiger partial charge in [-0.2, -0.15) is 5.06 Å². The first-order valence-electron chi connectivity index (χ1n) is 19.4. The summed E-state index contributed by atoms with van der Waals surface area (Å²) in [4.78, 5) is 38.4. The van der Waals surface area contributed by atoms with Gasteiger partial charge >= 0.3 is 0 Å². The van der Waals surface area contributed by atoms with Crippen LogP contribution in [0.4, 0.5) is 5.69 Å². The van der Waals surface area contributed by atoms with Gasteiger partial charge in [-0.3, -0.25) is 14.4 Å². The van der Waals surface area contributed by atoms with Gasteiger partial charge in [0.1, 0.15) is 17.9 Å². The first-order valence-corrected chi connectivity index (χ1v) is 19.4. The number of amides is 2. The Morgan fingerprint density at radius 2 is 1.81 bits per heavy atom. The van der Waals surface area contributed by atoms with E-state index in [1.165, 1.54) is 6.42 Å². The maximum Gasteiger partial charge on any atom is 0.251 e. The summed E-state index contributed by atoms with van der Waals surface area (Å²) in [5.74, 6) is 1.52. The van der Waals surface area contributed by atoms with E-state index in [-0.39, 0.29) is 42.5 Å². The highest BCUT2D eigenvalue weighted by Gasteiger charge is 2.57. The van der Waals surface area contributed by atoms with Crippen molar-refractivity contribution in [1.29, 1.82) is 0 Å². The molecule has 2 amide bonds.